The van der Waals surface area contributed by atoms with Crippen LogP contribution >= 0.6 is 0 Å². The molecule has 2 aromatic carbocycles. The number of nitrogens with zero attached hydrogens (tertiary/aromatic N) is 1. The third-order valence-electron chi connectivity index (χ3n) is 4.43. The van der Waals surface area contributed by atoms with Crippen LogP contribution in [0.3, 0.4) is 0 Å². The number of hydrogen-bond acceptors (Lipinski definition) is 4. The predicted octanol–water partition coefficient (Wildman–Crippen LogP) is 2.13. The molecule has 0 unspecified atom stereocenters. The van der Waals surface area contributed by atoms with E-state index in [-0.39, 0.29) is 24.4 Å². The van der Waals surface area contributed by atoms with Crippen molar-refractivity contribution >= 4 is 5.91 Å². The number of rotatable bonds is 6. The SMILES string of the molecule is O=C1C[C@@H](c2ccccc2)N(C[C@@H](O)COc2ccc(F)cc2)CCN1. The van der Waals surface area contributed by atoms with Crippen molar-refractivity contribution in [3.8, 4) is 5.75 Å². The number of ether oxygens (including phenoxy) is 1. The lowest BCUT2D eigenvalue weighted by atomic mass is 10.0. The third-order valence-corrected chi connectivity index (χ3v) is 4.43. The highest BCUT2D eigenvalue weighted by atomic mass is 19.1. The molecule has 1 aliphatic rings. The summed E-state index contributed by atoms with van der Waals surface area (Å²) in [7, 11) is 0. The topological polar surface area (TPSA) is 61.8 Å². The molecule has 0 spiro atoms. The van der Waals surface area contributed by atoms with Gasteiger partial charge in [0, 0.05) is 32.1 Å². The molecular formula is C20H23FN2O3. The van der Waals surface area contributed by atoms with E-state index < -0.39 is 6.10 Å². The van der Waals surface area contributed by atoms with Gasteiger partial charge in [0.25, 0.3) is 0 Å². The van der Waals surface area contributed by atoms with Gasteiger partial charge in [0.2, 0.25) is 5.91 Å². The number of carbonyl (C=O) groups is 1. The van der Waals surface area contributed by atoms with Gasteiger partial charge in [0.05, 0.1) is 0 Å². The first-order chi connectivity index (χ1) is 12.6. The quantitative estimate of drug-likeness (QED) is 0.831. The Balaban J connectivity index is 1.62. The zero-order valence-electron chi connectivity index (χ0n) is 14.5. The van der Waals surface area contributed by atoms with E-state index in [1.54, 1.807) is 0 Å². The van der Waals surface area contributed by atoms with Crippen molar-refractivity contribution in [3.05, 3.63) is 66.0 Å². The van der Waals surface area contributed by atoms with Crippen molar-refractivity contribution in [3.63, 3.8) is 0 Å². The monoisotopic (exact) mass is 358 g/mol. The number of aliphatic hydroxyl groups is 1. The van der Waals surface area contributed by atoms with Crippen molar-refractivity contribution in [2.45, 2.75) is 18.6 Å². The Kier molecular flexibility index (Phi) is 6.20. The third kappa shape index (κ3) is 5.03. The van der Waals surface area contributed by atoms with Crippen LogP contribution in [-0.4, -0.2) is 48.3 Å². The molecule has 2 atom stereocenters. The summed E-state index contributed by atoms with van der Waals surface area (Å²) in [4.78, 5) is 14.1. The molecule has 138 valence electrons. The van der Waals surface area contributed by atoms with Crippen LogP contribution in [0.2, 0.25) is 0 Å². The molecule has 2 N–H and O–H groups in total. The predicted molar refractivity (Wildman–Crippen MR) is 96.3 cm³/mol. The number of nitrogens with one attached hydrogen (secondary N) is 1. The highest BCUT2D eigenvalue weighted by Crippen LogP contribution is 2.25. The summed E-state index contributed by atoms with van der Waals surface area (Å²) < 4.78 is 18.5. The Bertz CT molecular complexity index is 709. The van der Waals surface area contributed by atoms with Gasteiger partial charge in [-0.1, -0.05) is 30.3 Å². The second-order valence-corrected chi connectivity index (χ2v) is 6.39. The van der Waals surface area contributed by atoms with Crippen LogP contribution in [0.4, 0.5) is 4.39 Å². The first-order valence-corrected chi connectivity index (χ1v) is 8.74. The second-order valence-electron chi connectivity index (χ2n) is 6.39. The van der Waals surface area contributed by atoms with Gasteiger partial charge in [-0.15, -0.1) is 0 Å². The molecule has 2 aromatic rings. The van der Waals surface area contributed by atoms with E-state index in [1.807, 2.05) is 30.3 Å². The molecule has 1 aliphatic heterocycles. The summed E-state index contributed by atoms with van der Waals surface area (Å²) >= 11 is 0. The normalized spacial score (nSPS) is 19.5. The van der Waals surface area contributed by atoms with E-state index in [1.165, 1.54) is 24.3 Å². The molecule has 0 aliphatic carbocycles. The van der Waals surface area contributed by atoms with Crippen molar-refractivity contribution in [2.24, 2.45) is 0 Å². The highest BCUT2D eigenvalue weighted by molar-refractivity contribution is 5.77. The van der Waals surface area contributed by atoms with E-state index in [0.29, 0.717) is 31.8 Å². The lowest BCUT2D eigenvalue weighted by Crippen LogP contribution is -2.39. The van der Waals surface area contributed by atoms with Gasteiger partial charge in [0.15, 0.2) is 0 Å². The van der Waals surface area contributed by atoms with Crippen molar-refractivity contribution < 1.29 is 19.0 Å². The van der Waals surface area contributed by atoms with Gasteiger partial charge >= 0.3 is 0 Å². The molecule has 1 saturated heterocycles. The molecule has 1 fully saturated rings. The fourth-order valence-corrected chi connectivity index (χ4v) is 3.14. The summed E-state index contributed by atoms with van der Waals surface area (Å²) in [6.07, 6.45) is -0.366. The molecule has 1 amide bonds. The maximum Gasteiger partial charge on any atom is 0.221 e. The Hall–Kier alpha value is -2.44. The number of aliphatic hydroxyl groups excluding tert-OH is 1. The Morgan fingerprint density at radius 3 is 2.65 bits per heavy atom. The van der Waals surface area contributed by atoms with E-state index in [2.05, 4.69) is 10.2 Å². The lowest BCUT2D eigenvalue weighted by molar-refractivity contribution is -0.121. The minimum atomic E-state index is -0.723. The number of amides is 1. The van der Waals surface area contributed by atoms with Gasteiger partial charge in [-0.05, 0) is 29.8 Å². The van der Waals surface area contributed by atoms with Crippen LogP contribution in [0, 0.1) is 5.82 Å². The summed E-state index contributed by atoms with van der Waals surface area (Å²) in [6.45, 7) is 1.69. The molecule has 0 bridgehead atoms. The molecule has 26 heavy (non-hydrogen) atoms. The van der Waals surface area contributed by atoms with Gasteiger partial charge < -0.3 is 15.2 Å². The van der Waals surface area contributed by atoms with Crippen LogP contribution in [0.15, 0.2) is 54.6 Å². The van der Waals surface area contributed by atoms with Crippen LogP contribution in [0.1, 0.15) is 18.0 Å². The number of β-amino-alcohol motifs (C(OH)–C–C–N with tert-alkyl or cyclic N) is 1. The van der Waals surface area contributed by atoms with Crippen LogP contribution in [0.25, 0.3) is 0 Å². The lowest BCUT2D eigenvalue weighted by Gasteiger charge is -2.31. The second kappa shape index (κ2) is 8.78. The summed E-state index contributed by atoms with van der Waals surface area (Å²) in [5.74, 6) is 0.196. The van der Waals surface area contributed by atoms with Gasteiger partial charge in [0.1, 0.15) is 24.3 Å². The summed E-state index contributed by atoms with van der Waals surface area (Å²) in [5.41, 5.74) is 1.05. The fourth-order valence-electron chi connectivity index (χ4n) is 3.14. The number of hydrogen-bond donors (Lipinski definition) is 2. The highest BCUT2D eigenvalue weighted by Gasteiger charge is 2.27. The number of benzene rings is 2. The Morgan fingerprint density at radius 1 is 1.19 bits per heavy atom. The summed E-state index contributed by atoms with van der Waals surface area (Å²) in [6, 6.07) is 15.4. The average molecular weight is 358 g/mol. The zero-order chi connectivity index (χ0) is 18.4. The van der Waals surface area contributed by atoms with Crippen molar-refractivity contribution in [1.82, 2.24) is 10.2 Å². The molecular weight excluding hydrogens is 335 g/mol. The Morgan fingerprint density at radius 2 is 1.92 bits per heavy atom. The maximum atomic E-state index is 12.9. The smallest absolute Gasteiger partial charge is 0.221 e. The maximum absolute atomic E-state index is 12.9. The van der Waals surface area contributed by atoms with E-state index in [0.717, 1.165) is 5.56 Å². The molecule has 3 rings (SSSR count). The molecule has 5 nitrogen and oxygen atoms in total. The Labute approximate surface area is 152 Å². The van der Waals surface area contributed by atoms with Gasteiger partial charge in [-0.2, -0.15) is 0 Å². The average Bonchev–Trinajstić information content (AvgIpc) is 2.83. The molecule has 0 saturated carbocycles. The number of carbonyl (C=O) groups excluding carboxylic acids is 1. The largest absolute Gasteiger partial charge is 0.491 e. The fraction of sp³-hybridized carbons (Fsp3) is 0.350. The first kappa shape index (κ1) is 18.4. The summed E-state index contributed by atoms with van der Waals surface area (Å²) in [5, 5.41) is 13.3. The van der Waals surface area contributed by atoms with E-state index in [4.69, 9.17) is 4.74 Å². The standard InChI is InChI=1S/C20H23FN2O3/c21-16-6-8-18(9-7-16)26-14-17(24)13-23-11-10-22-20(25)12-19(23)15-4-2-1-3-5-15/h1-9,17,19,24H,10-14H2,(H,22,25)/t17-,19+/m1/s1. The van der Waals surface area contributed by atoms with Gasteiger partial charge in [-0.25, -0.2) is 4.39 Å². The van der Waals surface area contributed by atoms with Crippen LogP contribution in [0.5, 0.6) is 5.75 Å². The van der Waals surface area contributed by atoms with Crippen LogP contribution in [-0.2, 0) is 4.79 Å². The van der Waals surface area contributed by atoms with Crippen molar-refractivity contribution in [1.29, 1.82) is 0 Å². The van der Waals surface area contributed by atoms with Crippen LogP contribution < -0.4 is 10.1 Å². The molecule has 1 heterocycles. The zero-order valence-corrected chi connectivity index (χ0v) is 14.5. The van der Waals surface area contributed by atoms with E-state index >= 15 is 0 Å². The minimum absolute atomic E-state index is 0.0124. The first-order valence-electron chi connectivity index (χ1n) is 8.74. The minimum Gasteiger partial charge on any atom is -0.491 e. The molecule has 0 radical (unpaired) electrons. The number of halogens is 1. The van der Waals surface area contributed by atoms with Crippen molar-refractivity contribution in [2.75, 3.05) is 26.2 Å². The molecule has 6 heteroatoms. The molecule has 0 aromatic heterocycles. The van der Waals surface area contributed by atoms with E-state index in [9.17, 15) is 14.3 Å². The van der Waals surface area contributed by atoms with Gasteiger partial charge in [-0.3, -0.25) is 9.69 Å².